The minimum atomic E-state index is -0.559. The molecule has 0 aromatic carbocycles. The molecule has 118 valence electrons. The van der Waals surface area contributed by atoms with Crippen LogP contribution in [0.25, 0.3) is 0 Å². The number of hydrogen-bond acceptors (Lipinski definition) is 4. The van der Waals surface area contributed by atoms with Gasteiger partial charge in [-0.25, -0.2) is 4.98 Å². The van der Waals surface area contributed by atoms with Gasteiger partial charge in [-0.05, 0) is 25.5 Å². The van der Waals surface area contributed by atoms with Gasteiger partial charge in [0.15, 0.2) is 5.78 Å². The van der Waals surface area contributed by atoms with Crippen molar-refractivity contribution in [2.75, 3.05) is 13.1 Å². The molecule has 0 atom stereocenters. The summed E-state index contributed by atoms with van der Waals surface area (Å²) in [6.07, 6.45) is 2.43. The number of nitriles is 1. The van der Waals surface area contributed by atoms with Crippen LogP contribution in [0.15, 0.2) is 29.8 Å². The van der Waals surface area contributed by atoms with Gasteiger partial charge in [0.25, 0.3) is 5.91 Å². The average Bonchev–Trinajstić information content (AvgIpc) is 2.46. The number of likely N-dealkylation sites (tertiary alicyclic amines) is 1. The predicted molar refractivity (Wildman–Crippen MR) is 84.4 cm³/mol. The zero-order chi connectivity index (χ0) is 16.8. The fraction of sp³-hybridized carbons (Fsp3) is 0.444. The summed E-state index contributed by atoms with van der Waals surface area (Å²) >= 11 is 0. The van der Waals surface area contributed by atoms with Crippen molar-refractivity contribution < 1.29 is 9.59 Å². The molecule has 0 unspecified atom stereocenters. The van der Waals surface area contributed by atoms with Crippen LogP contribution in [0.1, 0.15) is 36.5 Å². The summed E-state index contributed by atoms with van der Waals surface area (Å²) in [6.45, 7) is 6.65. The van der Waals surface area contributed by atoms with E-state index in [1.807, 2.05) is 39.0 Å². The number of aromatic nitrogens is 1. The number of ketones is 1. The molecule has 1 aliphatic carbocycles. The maximum Gasteiger partial charge on any atom is 0.272 e. The summed E-state index contributed by atoms with van der Waals surface area (Å²) in [5.74, 6) is -0.198. The molecule has 2 heterocycles. The van der Waals surface area contributed by atoms with Gasteiger partial charge in [-0.1, -0.05) is 26.0 Å². The number of hydrogen-bond donors (Lipinski definition) is 0. The van der Waals surface area contributed by atoms with Crippen LogP contribution in [0.2, 0.25) is 0 Å². The molecule has 0 saturated carbocycles. The normalized spacial score (nSPS) is 21.4. The molecule has 5 heteroatoms. The highest BCUT2D eigenvalue weighted by molar-refractivity contribution is 6.04. The van der Waals surface area contributed by atoms with Crippen LogP contribution < -0.4 is 0 Å². The van der Waals surface area contributed by atoms with Gasteiger partial charge >= 0.3 is 0 Å². The molecule has 0 N–H and O–H groups in total. The van der Waals surface area contributed by atoms with Crippen molar-refractivity contribution >= 4 is 11.7 Å². The molecule has 3 rings (SSSR count). The fourth-order valence-corrected chi connectivity index (χ4v) is 3.72. The van der Waals surface area contributed by atoms with E-state index in [2.05, 4.69) is 4.98 Å². The minimum absolute atomic E-state index is 0.0964. The molecule has 1 spiro atoms. The van der Waals surface area contributed by atoms with E-state index in [-0.39, 0.29) is 22.7 Å². The number of carbonyl (C=O) groups excluding carboxylic acids is 2. The SMILES string of the molecule is Cc1cccc(C(=O)N2CC3(C=C(C#N)C(=O)C(C)(C)C3)C2)n1. The largest absolute Gasteiger partial charge is 0.335 e. The molecule has 1 fully saturated rings. The summed E-state index contributed by atoms with van der Waals surface area (Å²) in [5.41, 5.74) is 0.651. The van der Waals surface area contributed by atoms with E-state index in [9.17, 15) is 14.9 Å². The maximum atomic E-state index is 12.5. The van der Waals surface area contributed by atoms with Crippen molar-refractivity contribution in [3.8, 4) is 6.07 Å². The minimum Gasteiger partial charge on any atom is -0.335 e. The molecule has 0 bridgehead atoms. The van der Waals surface area contributed by atoms with Gasteiger partial charge in [-0.15, -0.1) is 0 Å². The first-order valence-corrected chi connectivity index (χ1v) is 7.67. The third-order valence-corrected chi connectivity index (χ3v) is 4.63. The third-order valence-electron chi connectivity index (χ3n) is 4.63. The third kappa shape index (κ3) is 2.55. The second-order valence-electron chi connectivity index (χ2n) is 7.25. The molecule has 1 aromatic rings. The topological polar surface area (TPSA) is 74.1 Å². The zero-order valence-corrected chi connectivity index (χ0v) is 13.6. The van der Waals surface area contributed by atoms with Crippen molar-refractivity contribution in [3.05, 3.63) is 41.2 Å². The molecule has 2 aliphatic rings. The van der Waals surface area contributed by atoms with Crippen LogP contribution in [-0.4, -0.2) is 34.7 Å². The number of carbonyl (C=O) groups is 2. The Morgan fingerprint density at radius 1 is 1.35 bits per heavy atom. The highest BCUT2D eigenvalue weighted by Gasteiger charge is 2.52. The monoisotopic (exact) mass is 309 g/mol. The van der Waals surface area contributed by atoms with Gasteiger partial charge < -0.3 is 4.90 Å². The van der Waals surface area contributed by atoms with E-state index >= 15 is 0 Å². The van der Waals surface area contributed by atoms with Crippen LogP contribution >= 0.6 is 0 Å². The average molecular weight is 309 g/mol. The van der Waals surface area contributed by atoms with Gasteiger partial charge in [-0.2, -0.15) is 5.26 Å². The smallest absolute Gasteiger partial charge is 0.272 e. The van der Waals surface area contributed by atoms with Crippen molar-refractivity contribution in [2.45, 2.75) is 27.2 Å². The van der Waals surface area contributed by atoms with E-state index < -0.39 is 5.41 Å². The number of nitrogens with zero attached hydrogens (tertiary/aromatic N) is 3. The van der Waals surface area contributed by atoms with E-state index in [0.717, 1.165) is 5.69 Å². The second-order valence-corrected chi connectivity index (χ2v) is 7.25. The van der Waals surface area contributed by atoms with Crippen LogP contribution in [0.3, 0.4) is 0 Å². The Kier molecular flexibility index (Phi) is 3.36. The summed E-state index contributed by atoms with van der Waals surface area (Å²) in [5, 5.41) is 9.20. The summed E-state index contributed by atoms with van der Waals surface area (Å²) in [6, 6.07) is 7.40. The van der Waals surface area contributed by atoms with Gasteiger partial charge in [0.05, 0.1) is 5.57 Å². The van der Waals surface area contributed by atoms with Crippen molar-refractivity contribution in [3.63, 3.8) is 0 Å². The van der Waals surface area contributed by atoms with E-state index in [4.69, 9.17) is 0 Å². The molecule has 1 aliphatic heterocycles. The Hall–Kier alpha value is -2.48. The molecular weight excluding hydrogens is 290 g/mol. The van der Waals surface area contributed by atoms with E-state index in [1.54, 1.807) is 17.0 Å². The number of allylic oxidation sites excluding steroid dienone is 1. The van der Waals surface area contributed by atoms with Crippen molar-refractivity contribution in [2.24, 2.45) is 10.8 Å². The Labute approximate surface area is 135 Å². The predicted octanol–water partition coefficient (Wildman–Crippen LogP) is 2.28. The van der Waals surface area contributed by atoms with Crippen molar-refractivity contribution in [1.29, 1.82) is 5.26 Å². The molecule has 5 nitrogen and oxygen atoms in total. The van der Waals surface area contributed by atoms with E-state index in [1.165, 1.54) is 0 Å². The summed E-state index contributed by atoms with van der Waals surface area (Å²) < 4.78 is 0. The molecule has 1 saturated heterocycles. The lowest BCUT2D eigenvalue weighted by molar-refractivity contribution is -0.127. The first-order chi connectivity index (χ1) is 10.8. The van der Waals surface area contributed by atoms with Crippen LogP contribution in [0, 0.1) is 29.1 Å². The molecular formula is C18H19N3O2. The van der Waals surface area contributed by atoms with Crippen LogP contribution in [0.4, 0.5) is 0 Å². The highest BCUT2D eigenvalue weighted by atomic mass is 16.2. The van der Waals surface area contributed by atoms with Gasteiger partial charge in [0.1, 0.15) is 11.8 Å². The number of pyridine rings is 1. The highest BCUT2D eigenvalue weighted by Crippen LogP contribution is 2.48. The van der Waals surface area contributed by atoms with Gasteiger partial charge in [0.2, 0.25) is 0 Å². The van der Waals surface area contributed by atoms with Crippen LogP contribution in [0.5, 0.6) is 0 Å². The fourth-order valence-electron chi connectivity index (χ4n) is 3.72. The molecule has 1 aromatic heterocycles. The first kappa shape index (κ1) is 15.4. The molecule has 23 heavy (non-hydrogen) atoms. The molecule has 0 radical (unpaired) electrons. The Morgan fingerprint density at radius 2 is 2.04 bits per heavy atom. The van der Waals surface area contributed by atoms with Crippen LogP contribution in [-0.2, 0) is 4.79 Å². The number of Topliss-reactive ketones (excluding diaryl/α,β-unsaturated/α-hetero) is 1. The summed E-state index contributed by atoms with van der Waals surface area (Å²) in [7, 11) is 0. The zero-order valence-electron chi connectivity index (χ0n) is 13.6. The first-order valence-electron chi connectivity index (χ1n) is 7.67. The quantitative estimate of drug-likeness (QED) is 0.797. The molecule has 1 amide bonds. The number of amides is 1. The lowest BCUT2D eigenvalue weighted by Gasteiger charge is -2.53. The summed E-state index contributed by atoms with van der Waals surface area (Å²) in [4.78, 5) is 30.7. The lowest BCUT2D eigenvalue weighted by Crippen LogP contribution is -2.61. The van der Waals surface area contributed by atoms with E-state index in [0.29, 0.717) is 25.2 Å². The Balaban J connectivity index is 1.80. The van der Waals surface area contributed by atoms with Gasteiger partial charge in [-0.3, -0.25) is 9.59 Å². The number of rotatable bonds is 1. The standard InChI is InChI=1S/C18H19N3O2/c1-12-5-4-6-14(20-12)16(23)21-10-18(11-21)7-13(8-19)15(22)17(2,3)9-18/h4-7H,9-11H2,1-3H3. The lowest BCUT2D eigenvalue weighted by atomic mass is 9.61. The Bertz CT molecular complexity index is 765. The second kappa shape index (κ2) is 5.02. The maximum absolute atomic E-state index is 12.5. The van der Waals surface area contributed by atoms with Crippen molar-refractivity contribution in [1.82, 2.24) is 9.88 Å². The Morgan fingerprint density at radius 3 is 2.65 bits per heavy atom. The number of aryl methyl sites for hydroxylation is 1. The van der Waals surface area contributed by atoms with Gasteiger partial charge in [0, 0.05) is 29.6 Å².